The number of amides is 1. The van der Waals surface area contributed by atoms with Gasteiger partial charge in [0.2, 0.25) is 0 Å². The van der Waals surface area contributed by atoms with Gasteiger partial charge in [0.1, 0.15) is 5.56 Å². The Kier molecular flexibility index (Phi) is 4.56. The summed E-state index contributed by atoms with van der Waals surface area (Å²) in [6, 6.07) is 6.55. The van der Waals surface area contributed by atoms with Crippen LogP contribution in [0.3, 0.4) is 0 Å². The molecular formula is C19H24N4O3. The van der Waals surface area contributed by atoms with Gasteiger partial charge in [0.15, 0.2) is 0 Å². The lowest BCUT2D eigenvalue weighted by Gasteiger charge is -2.39. The summed E-state index contributed by atoms with van der Waals surface area (Å²) in [6.07, 6.45) is 1.62. The van der Waals surface area contributed by atoms with E-state index in [-0.39, 0.29) is 33.9 Å². The highest BCUT2D eigenvalue weighted by Gasteiger charge is 2.33. The van der Waals surface area contributed by atoms with Crippen LogP contribution in [0.1, 0.15) is 36.8 Å². The minimum absolute atomic E-state index is 0.134. The third-order valence-electron chi connectivity index (χ3n) is 4.66. The molecule has 0 saturated carbocycles. The van der Waals surface area contributed by atoms with Crippen molar-refractivity contribution in [1.29, 1.82) is 0 Å². The molecular weight excluding hydrogens is 332 g/mol. The zero-order valence-electron chi connectivity index (χ0n) is 15.6. The summed E-state index contributed by atoms with van der Waals surface area (Å²) >= 11 is 0. The molecule has 1 aliphatic heterocycles. The second kappa shape index (κ2) is 6.55. The molecule has 1 aliphatic rings. The Bertz CT molecular complexity index is 946. The van der Waals surface area contributed by atoms with Gasteiger partial charge in [-0.15, -0.1) is 0 Å². The van der Waals surface area contributed by atoms with Crippen LogP contribution in [0.5, 0.6) is 0 Å². The lowest BCUT2D eigenvalue weighted by Crippen LogP contribution is -2.53. The molecule has 3 rings (SSSR count). The van der Waals surface area contributed by atoms with Gasteiger partial charge in [-0.05, 0) is 18.2 Å². The first-order chi connectivity index (χ1) is 12.2. The number of likely N-dealkylation sites (tertiary alicyclic amines) is 1. The van der Waals surface area contributed by atoms with Crippen LogP contribution in [0.2, 0.25) is 0 Å². The van der Waals surface area contributed by atoms with Gasteiger partial charge >= 0.3 is 0 Å². The van der Waals surface area contributed by atoms with E-state index in [1.165, 1.54) is 9.25 Å². The zero-order chi connectivity index (χ0) is 19.1. The van der Waals surface area contributed by atoms with Gasteiger partial charge < -0.3 is 9.47 Å². The monoisotopic (exact) mass is 356 g/mol. The SMILES string of the molecule is Cn1cccc(C(=O)N2CC(Cn3nc(C(C)(C)C)ccc3=O)C2)c1=O. The van der Waals surface area contributed by atoms with Gasteiger partial charge in [0.25, 0.3) is 17.0 Å². The summed E-state index contributed by atoms with van der Waals surface area (Å²) in [5, 5.41) is 4.47. The quantitative estimate of drug-likeness (QED) is 0.822. The average Bonchev–Trinajstić information content (AvgIpc) is 2.53. The van der Waals surface area contributed by atoms with E-state index >= 15 is 0 Å². The number of carbonyl (C=O) groups is 1. The maximum absolute atomic E-state index is 12.5. The van der Waals surface area contributed by atoms with E-state index in [2.05, 4.69) is 5.10 Å². The number of pyridine rings is 1. The maximum atomic E-state index is 12.5. The van der Waals surface area contributed by atoms with Crippen molar-refractivity contribution < 1.29 is 4.79 Å². The molecule has 0 aromatic carbocycles. The molecule has 0 bridgehead atoms. The fourth-order valence-electron chi connectivity index (χ4n) is 3.01. The van der Waals surface area contributed by atoms with Crippen LogP contribution >= 0.6 is 0 Å². The normalized spacial score (nSPS) is 15.0. The third-order valence-corrected chi connectivity index (χ3v) is 4.66. The molecule has 0 unspecified atom stereocenters. The molecule has 7 heteroatoms. The molecule has 0 aliphatic carbocycles. The van der Waals surface area contributed by atoms with E-state index < -0.39 is 0 Å². The van der Waals surface area contributed by atoms with Gasteiger partial charge in [-0.1, -0.05) is 20.8 Å². The van der Waals surface area contributed by atoms with Crippen LogP contribution in [0, 0.1) is 5.92 Å². The van der Waals surface area contributed by atoms with Crippen molar-refractivity contribution in [3.8, 4) is 0 Å². The first kappa shape index (κ1) is 18.1. The molecule has 0 spiro atoms. The highest BCUT2D eigenvalue weighted by atomic mass is 16.2. The minimum Gasteiger partial charge on any atom is -0.338 e. The number of aryl methyl sites for hydroxylation is 1. The first-order valence-electron chi connectivity index (χ1n) is 8.70. The van der Waals surface area contributed by atoms with Gasteiger partial charge in [-0.3, -0.25) is 14.4 Å². The molecule has 0 N–H and O–H groups in total. The second-order valence-electron chi connectivity index (χ2n) is 7.90. The smallest absolute Gasteiger partial charge is 0.266 e. The molecule has 1 saturated heterocycles. The molecule has 26 heavy (non-hydrogen) atoms. The molecule has 1 fully saturated rings. The van der Waals surface area contributed by atoms with Crippen molar-refractivity contribution in [2.24, 2.45) is 13.0 Å². The predicted molar refractivity (Wildman–Crippen MR) is 98.3 cm³/mol. The number of hydrogen-bond acceptors (Lipinski definition) is 4. The van der Waals surface area contributed by atoms with E-state index in [0.29, 0.717) is 19.6 Å². The van der Waals surface area contributed by atoms with Crippen LogP contribution in [0.15, 0.2) is 40.1 Å². The van der Waals surface area contributed by atoms with Crippen molar-refractivity contribution in [1.82, 2.24) is 19.2 Å². The molecule has 2 aromatic rings. The molecule has 7 nitrogen and oxygen atoms in total. The molecule has 0 atom stereocenters. The Labute approximate surface area is 151 Å². The van der Waals surface area contributed by atoms with E-state index in [4.69, 9.17) is 0 Å². The summed E-state index contributed by atoms with van der Waals surface area (Å²) in [4.78, 5) is 38.2. The van der Waals surface area contributed by atoms with E-state index in [9.17, 15) is 14.4 Å². The van der Waals surface area contributed by atoms with Crippen LogP contribution in [-0.2, 0) is 19.0 Å². The Hall–Kier alpha value is -2.70. The molecule has 138 valence electrons. The summed E-state index contributed by atoms with van der Waals surface area (Å²) in [5.41, 5.74) is 0.469. The largest absolute Gasteiger partial charge is 0.338 e. The molecule has 1 amide bonds. The molecule has 3 heterocycles. The fraction of sp³-hybridized carbons (Fsp3) is 0.474. The standard InChI is InChI=1S/C19H24N4O3/c1-19(2,3)15-7-8-16(24)23(20-15)12-13-10-22(11-13)18(26)14-6-5-9-21(4)17(14)25/h5-9,13H,10-12H2,1-4H3. The lowest BCUT2D eigenvalue weighted by molar-refractivity contribution is 0.0455. The third kappa shape index (κ3) is 3.47. The van der Waals surface area contributed by atoms with E-state index in [0.717, 1.165) is 5.69 Å². The number of hydrogen-bond donors (Lipinski definition) is 0. The van der Waals surface area contributed by atoms with E-state index in [1.807, 2.05) is 20.8 Å². The Morgan fingerprint density at radius 3 is 2.54 bits per heavy atom. The Balaban J connectivity index is 1.68. The average molecular weight is 356 g/mol. The maximum Gasteiger partial charge on any atom is 0.266 e. The van der Waals surface area contributed by atoms with Gasteiger partial charge in [-0.25, -0.2) is 4.68 Å². The summed E-state index contributed by atoms with van der Waals surface area (Å²) in [7, 11) is 1.62. The number of rotatable bonds is 3. The van der Waals surface area contributed by atoms with Crippen molar-refractivity contribution in [2.45, 2.75) is 32.7 Å². The topological polar surface area (TPSA) is 77.2 Å². The number of aromatic nitrogens is 3. The summed E-state index contributed by atoms with van der Waals surface area (Å²) < 4.78 is 2.88. The highest BCUT2D eigenvalue weighted by molar-refractivity contribution is 5.94. The fourth-order valence-corrected chi connectivity index (χ4v) is 3.01. The van der Waals surface area contributed by atoms with Crippen molar-refractivity contribution in [3.63, 3.8) is 0 Å². The van der Waals surface area contributed by atoms with Gasteiger partial charge in [-0.2, -0.15) is 5.10 Å². The van der Waals surface area contributed by atoms with Crippen LogP contribution in [-0.4, -0.2) is 38.2 Å². The molecule has 0 radical (unpaired) electrons. The predicted octanol–water partition coefficient (Wildman–Crippen LogP) is 1.01. The highest BCUT2D eigenvalue weighted by Crippen LogP contribution is 2.21. The van der Waals surface area contributed by atoms with Gasteiger partial charge in [0.05, 0.1) is 12.2 Å². The first-order valence-corrected chi connectivity index (χ1v) is 8.70. The lowest BCUT2D eigenvalue weighted by atomic mass is 9.92. The minimum atomic E-state index is -0.295. The summed E-state index contributed by atoms with van der Waals surface area (Å²) in [6.45, 7) is 7.66. The second-order valence-corrected chi connectivity index (χ2v) is 7.90. The van der Waals surface area contributed by atoms with Crippen LogP contribution < -0.4 is 11.1 Å². The van der Waals surface area contributed by atoms with Crippen molar-refractivity contribution in [3.05, 3.63) is 62.4 Å². The summed E-state index contributed by atoms with van der Waals surface area (Å²) in [5.74, 6) is -0.0990. The van der Waals surface area contributed by atoms with E-state index in [1.54, 1.807) is 42.4 Å². The molecule has 2 aromatic heterocycles. The van der Waals surface area contributed by atoms with Crippen LogP contribution in [0.25, 0.3) is 0 Å². The van der Waals surface area contributed by atoms with Gasteiger partial charge in [0, 0.05) is 43.7 Å². The Morgan fingerprint density at radius 2 is 1.88 bits per heavy atom. The Morgan fingerprint density at radius 1 is 1.19 bits per heavy atom. The van der Waals surface area contributed by atoms with Crippen molar-refractivity contribution in [2.75, 3.05) is 13.1 Å². The van der Waals surface area contributed by atoms with Crippen LogP contribution in [0.4, 0.5) is 0 Å². The number of carbonyl (C=O) groups excluding carboxylic acids is 1. The number of nitrogens with zero attached hydrogens (tertiary/aromatic N) is 4. The van der Waals surface area contributed by atoms with Crippen molar-refractivity contribution >= 4 is 5.91 Å². The zero-order valence-corrected chi connectivity index (χ0v) is 15.6.